The predicted molar refractivity (Wildman–Crippen MR) is 108 cm³/mol. The number of hydrogen-bond acceptors (Lipinski definition) is 5. The molecule has 26 heavy (non-hydrogen) atoms. The zero-order valence-corrected chi connectivity index (χ0v) is 16.3. The van der Waals surface area contributed by atoms with Crippen LogP contribution < -0.4 is 10.1 Å². The van der Waals surface area contributed by atoms with Crippen LogP contribution in [0.4, 0.5) is 5.82 Å². The van der Waals surface area contributed by atoms with Crippen molar-refractivity contribution in [3.63, 3.8) is 0 Å². The van der Waals surface area contributed by atoms with Crippen LogP contribution in [0.25, 0.3) is 15.8 Å². The monoisotopic (exact) mass is 403 g/mol. The van der Waals surface area contributed by atoms with Crippen LogP contribution >= 0.6 is 34.5 Å². The Morgan fingerprint density at radius 1 is 1.31 bits per heavy atom. The highest BCUT2D eigenvalue weighted by Gasteiger charge is 2.39. The van der Waals surface area contributed by atoms with E-state index in [1.54, 1.807) is 18.4 Å². The van der Waals surface area contributed by atoms with E-state index in [1.165, 1.54) is 22.4 Å². The molecule has 5 rings (SSSR count). The fraction of sp³-hybridized carbons (Fsp3) is 0.263. The summed E-state index contributed by atoms with van der Waals surface area (Å²) in [5.74, 6) is 2.05. The van der Waals surface area contributed by atoms with E-state index in [0.29, 0.717) is 23.2 Å². The van der Waals surface area contributed by atoms with Gasteiger partial charge in [0.15, 0.2) is 0 Å². The van der Waals surface area contributed by atoms with Crippen molar-refractivity contribution in [2.45, 2.75) is 25.3 Å². The number of halogens is 2. The number of methoxy groups -OCH3 is 1. The Morgan fingerprint density at radius 2 is 2.19 bits per heavy atom. The van der Waals surface area contributed by atoms with Crippen molar-refractivity contribution in [1.82, 2.24) is 9.97 Å². The Kier molecular flexibility index (Phi) is 3.85. The molecule has 1 atom stereocenters. The minimum absolute atomic E-state index is 0.271. The number of anilines is 1. The summed E-state index contributed by atoms with van der Waals surface area (Å²) < 4.78 is 5.21. The predicted octanol–water partition coefficient (Wildman–Crippen LogP) is 5.89. The van der Waals surface area contributed by atoms with Crippen molar-refractivity contribution >= 4 is 56.1 Å². The second kappa shape index (κ2) is 6.12. The molecule has 7 heteroatoms. The number of nitrogens with zero attached hydrogens (tertiary/aromatic N) is 2. The third kappa shape index (κ3) is 2.42. The number of hydrogen-bond donors (Lipinski definition) is 1. The standard InChI is InChI=1S/C19H15Cl2N3OS/c1-25-13-6-5-9(7-12(13)20)8-22-17-15-14-10-3-2-4-11(10)16(14)26-18(15)24-19(21)23-17/h3,5-7,11H,2,4,8H2,1H3,(H,22,23,24). The molecule has 1 N–H and O–H groups in total. The molecule has 0 fully saturated rings. The van der Waals surface area contributed by atoms with Gasteiger partial charge in [-0.1, -0.05) is 23.7 Å². The first-order chi connectivity index (χ1) is 12.7. The molecule has 4 nitrogen and oxygen atoms in total. The molecule has 0 amide bonds. The summed E-state index contributed by atoms with van der Waals surface area (Å²) in [7, 11) is 1.61. The fourth-order valence-electron chi connectivity index (χ4n) is 3.83. The molecule has 2 aromatic heterocycles. The summed E-state index contributed by atoms with van der Waals surface area (Å²) in [5.41, 5.74) is 3.82. The quantitative estimate of drug-likeness (QED) is 0.551. The number of benzene rings is 1. The average Bonchev–Trinajstić information content (AvgIpc) is 3.17. The van der Waals surface area contributed by atoms with Crippen molar-refractivity contribution in [3.05, 3.63) is 50.6 Å². The second-order valence-corrected chi connectivity index (χ2v) is 8.25. The van der Waals surface area contributed by atoms with Gasteiger partial charge in [-0.25, -0.2) is 9.97 Å². The maximum atomic E-state index is 6.22. The zero-order valence-electron chi connectivity index (χ0n) is 14.0. The largest absolute Gasteiger partial charge is 0.495 e. The smallest absolute Gasteiger partial charge is 0.225 e. The molecule has 0 bridgehead atoms. The highest BCUT2D eigenvalue weighted by atomic mass is 35.5. The number of ether oxygens (including phenoxy) is 1. The zero-order chi connectivity index (χ0) is 17.8. The van der Waals surface area contributed by atoms with Gasteiger partial charge < -0.3 is 10.1 Å². The van der Waals surface area contributed by atoms with Crippen molar-refractivity contribution in [3.8, 4) is 5.75 Å². The molecule has 2 heterocycles. The van der Waals surface area contributed by atoms with Crippen molar-refractivity contribution in [1.29, 1.82) is 0 Å². The lowest BCUT2D eigenvalue weighted by molar-refractivity contribution is 0.415. The Labute approximate surface area is 164 Å². The van der Waals surface area contributed by atoms with Gasteiger partial charge in [-0.2, -0.15) is 0 Å². The summed E-state index contributed by atoms with van der Waals surface area (Å²) in [4.78, 5) is 11.3. The average molecular weight is 404 g/mol. The van der Waals surface area contributed by atoms with Gasteiger partial charge in [0.25, 0.3) is 0 Å². The van der Waals surface area contributed by atoms with Crippen LogP contribution in [-0.4, -0.2) is 17.1 Å². The summed E-state index contributed by atoms with van der Waals surface area (Å²) >= 11 is 14.1. The van der Waals surface area contributed by atoms with Gasteiger partial charge in [0, 0.05) is 22.9 Å². The normalized spacial score (nSPS) is 17.5. The molecule has 0 saturated carbocycles. The van der Waals surface area contributed by atoms with E-state index in [9.17, 15) is 0 Å². The van der Waals surface area contributed by atoms with Crippen LogP contribution in [0.3, 0.4) is 0 Å². The number of thiophene rings is 1. The SMILES string of the molecule is COc1ccc(CNc2nc(Cl)nc3sc4c(c23)C2=CCCC24)cc1Cl. The van der Waals surface area contributed by atoms with E-state index >= 15 is 0 Å². The summed E-state index contributed by atoms with van der Waals surface area (Å²) in [6.07, 6.45) is 4.72. The van der Waals surface area contributed by atoms with E-state index in [0.717, 1.165) is 28.0 Å². The van der Waals surface area contributed by atoms with Gasteiger partial charge in [0.2, 0.25) is 5.28 Å². The molecule has 1 aromatic carbocycles. The van der Waals surface area contributed by atoms with E-state index in [-0.39, 0.29) is 5.28 Å². The third-order valence-corrected chi connectivity index (χ3v) is 6.69. The van der Waals surface area contributed by atoms with Gasteiger partial charge in [0.05, 0.1) is 17.5 Å². The van der Waals surface area contributed by atoms with E-state index in [1.807, 2.05) is 18.2 Å². The highest BCUT2D eigenvalue weighted by Crippen LogP contribution is 2.59. The lowest BCUT2D eigenvalue weighted by Gasteiger charge is -2.26. The molecule has 2 aliphatic carbocycles. The molecule has 0 spiro atoms. The molecule has 0 saturated heterocycles. The Bertz CT molecular complexity index is 1080. The molecule has 1 unspecified atom stereocenters. The topological polar surface area (TPSA) is 47.0 Å². The summed E-state index contributed by atoms with van der Waals surface area (Å²) in [6.45, 7) is 0.596. The molecule has 132 valence electrons. The summed E-state index contributed by atoms with van der Waals surface area (Å²) in [5, 5.41) is 5.38. The first-order valence-corrected chi connectivity index (χ1v) is 9.99. The number of allylic oxidation sites excluding steroid dienone is 2. The maximum Gasteiger partial charge on any atom is 0.225 e. The first kappa shape index (κ1) is 16.4. The molecular formula is C19H15Cl2N3OS. The Morgan fingerprint density at radius 3 is 3.00 bits per heavy atom. The molecule has 2 aliphatic rings. The van der Waals surface area contributed by atoms with Crippen LogP contribution in [0.1, 0.15) is 34.8 Å². The molecule has 3 aromatic rings. The van der Waals surface area contributed by atoms with Crippen LogP contribution in [0, 0.1) is 0 Å². The Hall–Kier alpha value is -1.82. The molecule has 0 aliphatic heterocycles. The van der Waals surface area contributed by atoms with Crippen molar-refractivity contribution < 1.29 is 4.74 Å². The number of rotatable bonds is 4. The van der Waals surface area contributed by atoms with Gasteiger partial charge in [-0.15, -0.1) is 11.3 Å². The summed E-state index contributed by atoms with van der Waals surface area (Å²) in [6, 6.07) is 5.75. The van der Waals surface area contributed by atoms with Crippen LogP contribution in [0.5, 0.6) is 5.75 Å². The lowest BCUT2D eigenvalue weighted by atomic mass is 9.80. The van der Waals surface area contributed by atoms with E-state index in [4.69, 9.17) is 27.9 Å². The third-order valence-electron chi connectivity index (χ3n) is 5.03. The maximum absolute atomic E-state index is 6.22. The van der Waals surface area contributed by atoms with Crippen molar-refractivity contribution in [2.24, 2.45) is 0 Å². The lowest BCUT2D eigenvalue weighted by Crippen LogP contribution is -2.10. The van der Waals surface area contributed by atoms with Gasteiger partial charge in [-0.05, 0) is 47.7 Å². The minimum atomic E-state index is 0.271. The number of aromatic nitrogens is 2. The second-order valence-electron chi connectivity index (χ2n) is 6.47. The molecule has 0 radical (unpaired) electrons. The minimum Gasteiger partial charge on any atom is -0.495 e. The van der Waals surface area contributed by atoms with Crippen LogP contribution in [-0.2, 0) is 6.54 Å². The Balaban J connectivity index is 1.51. The fourth-order valence-corrected chi connectivity index (χ4v) is 5.68. The number of nitrogens with one attached hydrogen (secondary N) is 1. The van der Waals surface area contributed by atoms with Crippen LogP contribution in [0.2, 0.25) is 10.3 Å². The first-order valence-electron chi connectivity index (χ1n) is 8.42. The van der Waals surface area contributed by atoms with E-state index in [2.05, 4.69) is 21.4 Å². The molecular weight excluding hydrogens is 389 g/mol. The van der Waals surface area contributed by atoms with E-state index < -0.39 is 0 Å². The number of fused-ring (bicyclic) bond motifs is 6. The van der Waals surface area contributed by atoms with Crippen LogP contribution in [0.15, 0.2) is 24.3 Å². The van der Waals surface area contributed by atoms with Crippen molar-refractivity contribution in [2.75, 3.05) is 12.4 Å². The van der Waals surface area contributed by atoms with Gasteiger partial charge in [0.1, 0.15) is 16.4 Å². The van der Waals surface area contributed by atoms with Gasteiger partial charge in [-0.3, -0.25) is 0 Å². The van der Waals surface area contributed by atoms with Gasteiger partial charge >= 0.3 is 0 Å². The highest BCUT2D eigenvalue weighted by molar-refractivity contribution is 7.19.